The molecule has 2 N–H and O–H groups in total. The van der Waals surface area contributed by atoms with Crippen molar-refractivity contribution in [3.63, 3.8) is 0 Å². The fourth-order valence-corrected chi connectivity index (χ4v) is 5.61. The summed E-state index contributed by atoms with van der Waals surface area (Å²) in [6.07, 6.45) is 12.1. The summed E-state index contributed by atoms with van der Waals surface area (Å²) in [7, 11) is 4.17. The summed E-state index contributed by atoms with van der Waals surface area (Å²) in [6, 6.07) is 0.780. The first-order valence-electron chi connectivity index (χ1n) is 12.3. The first-order chi connectivity index (χ1) is 14.2. The van der Waals surface area contributed by atoms with E-state index in [2.05, 4.69) is 44.3 Å². The van der Waals surface area contributed by atoms with Crippen molar-refractivity contribution in [1.82, 2.24) is 25.3 Å². The van der Waals surface area contributed by atoms with Crippen LogP contribution in [0.4, 0.5) is 0 Å². The fraction of sp³-hybridized carbons (Fsp3) is 0.957. The van der Waals surface area contributed by atoms with Gasteiger partial charge in [-0.15, -0.1) is 0 Å². The Morgan fingerprint density at radius 1 is 0.966 bits per heavy atom. The van der Waals surface area contributed by atoms with Gasteiger partial charge in [-0.05, 0) is 84.7 Å². The summed E-state index contributed by atoms with van der Waals surface area (Å²) in [5.74, 6) is 0.977. The zero-order valence-corrected chi connectivity index (χ0v) is 19.4. The number of rotatable bonds is 7. The number of guanidine groups is 1. The zero-order valence-electron chi connectivity index (χ0n) is 19.4. The molecule has 6 heteroatoms. The number of nitrogens with zero attached hydrogens (tertiary/aromatic N) is 4. The van der Waals surface area contributed by atoms with E-state index in [0.29, 0.717) is 5.54 Å². The maximum atomic E-state index is 4.53. The monoisotopic (exact) mass is 406 g/mol. The van der Waals surface area contributed by atoms with Gasteiger partial charge in [-0.1, -0.05) is 19.8 Å². The third-order valence-electron chi connectivity index (χ3n) is 7.66. The Morgan fingerprint density at radius 2 is 1.69 bits per heavy atom. The van der Waals surface area contributed by atoms with Crippen LogP contribution in [0.3, 0.4) is 0 Å². The maximum absolute atomic E-state index is 4.53. The first-order valence-corrected chi connectivity index (χ1v) is 12.3. The number of aliphatic imine (C=N–C) groups is 1. The van der Waals surface area contributed by atoms with Crippen LogP contribution in [-0.4, -0.2) is 98.7 Å². The van der Waals surface area contributed by atoms with E-state index in [0.717, 1.165) is 31.6 Å². The third kappa shape index (κ3) is 6.31. The molecule has 0 amide bonds. The van der Waals surface area contributed by atoms with Crippen LogP contribution in [0.5, 0.6) is 0 Å². The van der Waals surface area contributed by atoms with Crippen LogP contribution in [0.25, 0.3) is 0 Å². The van der Waals surface area contributed by atoms with Crippen molar-refractivity contribution >= 4 is 5.96 Å². The zero-order chi connectivity index (χ0) is 20.5. The second-order valence-corrected chi connectivity index (χ2v) is 9.52. The molecule has 3 aliphatic rings. The summed E-state index contributed by atoms with van der Waals surface area (Å²) < 4.78 is 0. The summed E-state index contributed by atoms with van der Waals surface area (Å²) >= 11 is 0. The lowest BCUT2D eigenvalue weighted by Gasteiger charge is -2.50. The fourth-order valence-electron chi connectivity index (χ4n) is 5.61. The van der Waals surface area contributed by atoms with Gasteiger partial charge in [0, 0.05) is 38.3 Å². The van der Waals surface area contributed by atoms with Gasteiger partial charge in [-0.2, -0.15) is 0 Å². The highest BCUT2D eigenvalue weighted by Crippen LogP contribution is 2.30. The van der Waals surface area contributed by atoms with Gasteiger partial charge in [0.15, 0.2) is 5.96 Å². The molecule has 29 heavy (non-hydrogen) atoms. The molecule has 3 rings (SSSR count). The molecule has 3 aliphatic heterocycles. The van der Waals surface area contributed by atoms with Crippen LogP contribution < -0.4 is 10.6 Å². The predicted molar refractivity (Wildman–Crippen MR) is 124 cm³/mol. The smallest absolute Gasteiger partial charge is 0.191 e. The van der Waals surface area contributed by atoms with Crippen molar-refractivity contribution < 1.29 is 0 Å². The average molecular weight is 407 g/mol. The van der Waals surface area contributed by atoms with Crippen LogP contribution in [0.1, 0.15) is 64.7 Å². The van der Waals surface area contributed by atoms with E-state index in [-0.39, 0.29) is 0 Å². The minimum Gasteiger partial charge on any atom is -0.355 e. The quantitative estimate of drug-likeness (QED) is 0.502. The topological polar surface area (TPSA) is 46.1 Å². The summed E-state index contributed by atoms with van der Waals surface area (Å²) in [5.41, 5.74) is 0.296. The van der Waals surface area contributed by atoms with Crippen LogP contribution >= 0.6 is 0 Å². The Hall–Kier alpha value is -0.850. The van der Waals surface area contributed by atoms with Crippen molar-refractivity contribution in [2.24, 2.45) is 4.99 Å². The van der Waals surface area contributed by atoms with E-state index >= 15 is 0 Å². The second kappa shape index (κ2) is 11.5. The average Bonchev–Trinajstić information content (AvgIpc) is 2.78. The second-order valence-electron chi connectivity index (χ2n) is 9.52. The lowest BCUT2D eigenvalue weighted by molar-refractivity contribution is 0.0173. The van der Waals surface area contributed by atoms with Crippen molar-refractivity contribution in [2.75, 3.05) is 66.5 Å². The minimum atomic E-state index is 0.296. The third-order valence-corrected chi connectivity index (χ3v) is 7.66. The number of nitrogens with one attached hydrogen (secondary N) is 2. The number of hydrogen-bond acceptors (Lipinski definition) is 4. The van der Waals surface area contributed by atoms with Gasteiger partial charge in [0.05, 0.1) is 0 Å². The van der Waals surface area contributed by atoms with Crippen LogP contribution in [0.2, 0.25) is 0 Å². The SMILES string of the molecule is CCC1CCCCN1CCNC(=NC)NCC1(N2CCCCC2)CCN(C)CC1. The van der Waals surface area contributed by atoms with Crippen LogP contribution in [0, 0.1) is 0 Å². The van der Waals surface area contributed by atoms with Gasteiger partial charge < -0.3 is 15.5 Å². The predicted octanol–water partition coefficient (Wildman–Crippen LogP) is 2.37. The highest BCUT2D eigenvalue weighted by molar-refractivity contribution is 5.79. The van der Waals surface area contributed by atoms with E-state index in [1.165, 1.54) is 90.5 Å². The molecule has 0 aromatic rings. The molecular formula is C23H46N6. The molecule has 0 saturated carbocycles. The van der Waals surface area contributed by atoms with Gasteiger partial charge in [0.1, 0.15) is 0 Å². The van der Waals surface area contributed by atoms with Gasteiger partial charge in [-0.3, -0.25) is 14.8 Å². The Kier molecular flexibility index (Phi) is 9.07. The van der Waals surface area contributed by atoms with Crippen LogP contribution in [0.15, 0.2) is 4.99 Å². The Bertz CT molecular complexity index is 494. The van der Waals surface area contributed by atoms with Gasteiger partial charge in [0.25, 0.3) is 0 Å². The molecule has 3 fully saturated rings. The molecule has 6 nitrogen and oxygen atoms in total. The molecule has 0 aromatic heterocycles. The maximum Gasteiger partial charge on any atom is 0.191 e. The summed E-state index contributed by atoms with van der Waals surface area (Å²) in [5, 5.41) is 7.31. The van der Waals surface area contributed by atoms with Gasteiger partial charge >= 0.3 is 0 Å². The molecule has 168 valence electrons. The minimum absolute atomic E-state index is 0.296. The molecule has 1 unspecified atom stereocenters. The highest BCUT2D eigenvalue weighted by atomic mass is 15.3. The number of piperidine rings is 3. The van der Waals surface area contributed by atoms with E-state index in [9.17, 15) is 0 Å². The lowest BCUT2D eigenvalue weighted by Crippen LogP contribution is -2.62. The Morgan fingerprint density at radius 3 is 2.38 bits per heavy atom. The van der Waals surface area contributed by atoms with Crippen molar-refractivity contribution in [2.45, 2.75) is 76.3 Å². The Balaban J connectivity index is 1.49. The Labute approximate surface area is 179 Å². The van der Waals surface area contributed by atoms with E-state index in [1.807, 2.05) is 7.05 Å². The van der Waals surface area contributed by atoms with Crippen LogP contribution in [-0.2, 0) is 0 Å². The van der Waals surface area contributed by atoms with E-state index in [1.54, 1.807) is 0 Å². The molecule has 0 bridgehead atoms. The molecule has 0 aromatic carbocycles. The summed E-state index contributed by atoms with van der Waals surface area (Å²) in [4.78, 5) is 12.5. The molecule has 3 heterocycles. The molecule has 3 saturated heterocycles. The first kappa shape index (κ1) is 22.8. The van der Waals surface area contributed by atoms with Crippen molar-refractivity contribution in [3.05, 3.63) is 0 Å². The normalized spacial score (nSPS) is 27.7. The molecule has 0 aliphatic carbocycles. The van der Waals surface area contributed by atoms with Gasteiger partial charge in [-0.25, -0.2) is 0 Å². The summed E-state index contributed by atoms with van der Waals surface area (Å²) in [6.45, 7) is 11.7. The van der Waals surface area contributed by atoms with Gasteiger partial charge in [0.2, 0.25) is 0 Å². The molecular weight excluding hydrogens is 360 g/mol. The highest BCUT2D eigenvalue weighted by Gasteiger charge is 2.39. The lowest BCUT2D eigenvalue weighted by atomic mass is 9.84. The molecule has 0 spiro atoms. The molecule has 1 atom stereocenters. The standard InChI is InChI=1S/C23H46N6/c1-4-21-10-6-9-14-28(21)19-13-25-22(24-2)26-20-23(11-17-27(3)18-12-23)29-15-7-5-8-16-29/h21H,4-20H2,1-3H3,(H2,24,25,26). The largest absolute Gasteiger partial charge is 0.355 e. The van der Waals surface area contributed by atoms with Crippen molar-refractivity contribution in [1.29, 1.82) is 0 Å². The molecule has 0 radical (unpaired) electrons. The van der Waals surface area contributed by atoms with E-state index in [4.69, 9.17) is 0 Å². The van der Waals surface area contributed by atoms with Crippen molar-refractivity contribution in [3.8, 4) is 0 Å². The number of likely N-dealkylation sites (tertiary alicyclic amines) is 3. The number of hydrogen-bond donors (Lipinski definition) is 2. The van der Waals surface area contributed by atoms with E-state index < -0.39 is 0 Å².